The quantitative estimate of drug-likeness (QED) is 0.537. The lowest BCUT2D eigenvalue weighted by molar-refractivity contribution is -0.137. The maximum absolute atomic E-state index is 13.0. The molecule has 0 amide bonds. The van der Waals surface area contributed by atoms with Crippen LogP contribution in [0.25, 0.3) is 0 Å². The zero-order valence-corrected chi connectivity index (χ0v) is 16.1. The summed E-state index contributed by atoms with van der Waals surface area (Å²) < 4.78 is 49.1. The number of anilines is 3. The molecule has 0 saturated heterocycles. The van der Waals surface area contributed by atoms with Gasteiger partial charge in [0.05, 0.1) is 28.9 Å². The van der Waals surface area contributed by atoms with Crippen LogP contribution in [0.2, 0.25) is 5.02 Å². The van der Waals surface area contributed by atoms with E-state index in [4.69, 9.17) is 22.1 Å². The fraction of sp³-hybridized carbons (Fsp3) is 0.105. The first-order valence-corrected chi connectivity index (χ1v) is 8.67. The maximum Gasteiger partial charge on any atom is 0.416 e. The number of nitrogens with two attached hydrogens (primary N) is 1. The molecule has 0 atom stereocenters. The van der Waals surface area contributed by atoms with Gasteiger partial charge in [-0.05, 0) is 42.5 Å². The second kappa shape index (κ2) is 8.46. The molecule has 30 heavy (non-hydrogen) atoms. The summed E-state index contributed by atoms with van der Waals surface area (Å²) in [6.45, 7) is 0. The number of aromatic nitrogens is 2. The number of carbonyl (C=O) groups excluding carboxylic acids is 1. The van der Waals surface area contributed by atoms with E-state index >= 15 is 0 Å². The molecule has 7 nitrogen and oxygen atoms in total. The lowest BCUT2D eigenvalue weighted by atomic mass is 10.2. The van der Waals surface area contributed by atoms with E-state index in [1.165, 1.54) is 31.4 Å². The smallest absolute Gasteiger partial charge is 0.416 e. The van der Waals surface area contributed by atoms with Crippen molar-refractivity contribution in [1.29, 1.82) is 0 Å². The van der Waals surface area contributed by atoms with Crippen LogP contribution in [-0.4, -0.2) is 23.0 Å². The number of ether oxygens (including phenoxy) is 2. The molecule has 11 heteroatoms. The first kappa shape index (κ1) is 21.2. The zero-order valence-electron chi connectivity index (χ0n) is 15.3. The van der Waals surface area contributed by atoms with Crippen LogP contribution in [0, 0.1) is 0 Å². The highest BCUT2D eigenvalue weighted by Crippen LogP contribution is 2.37. The van der Waals surface area contributed by atoms with E-state index in [0.717, 1.165) is 24.5 Å². The molecule has 156 valence electrons. The van der Waals surface area contributed by atoms with Crippen molar-refractivity contribution in [3.05, 3.63) is 64.9 Å². The number of nitrogen functional groups attached to an aromatic ring is 1. The number of carbonyl (C=O) groups is 1. The number of halogens is 4. The standard InChI is InChI=1S/C19H14ClF3N4O3/c1-29-18(28)10-2-5-12(6-3-10)30-17-15(24)16(25-9-26-17)27-14-8-11(19(21,22)23)4-7-13(14)20/h2-9H,24H2,1H3,(H,25,26,27). The molecule has 1 aromatic heterocycles. The largest absolute Gasteiger partial charge is 0.465 e. The van der Waals surface area contributed by atoms with E-state index in [1.54, 1.807) is 0 Å². The fourth-order valence-electron chi connectivity index (χ4n) is 2.37. The summed E-state index contributed by atoms with van der Waals surface area (Å²) in [5.41, 5.74) is 5.35. The van der Waals surface area contributed by atoms with Gasteiger partial charge in [-0.1, -0.05) is 11.6 Å². The van der Waals surface area contributed by atoms with Gasteiger partial charge in [-0.2, -0.15) is 18.2 Å². The third-order valence-corrected chi connectivity index (χ3v) is 4.21. The van der Waals surface area contributed by atoms with Crippen molar-refractivity contribution in [2.24, 2.45) is 0 Å². The van der Waals surface area contributed by atoms with E-state index in [1.807, 2.05) is 0 Å². The van der Waals surface area contributed by atoms with Crippen molar-refractivity contribution < 1.29 is 27.4 Å². The molecule has 0 unspecified atom stereocenters. The van der Waals surface area contributed by atoms with Gasteiger partial charge in [0.1, 0.15) is 17.8 Å². The Labute approximate surface area is 173 Å². The van der Waals surface area contributed by atoms with Crippen LogP contribution >= 0.6 is 11.6 Å². The minimum absolute atomic E-state index is 0.00686. The normalized spacial score (nSPS) is 11.1. The Morgan fingerprint density at radius 3 is 2.47 bits per heavy atom. The molecule has 0 spiro atoms. The van der Waals surface area contributed by atoms with Crippen LogP contribution in [0.4, 0.5) is 30.4 Å². The Hall–Kier alpha value is -3.53. The molecule has 3 aromatic rings. The summed E-state index contributed by atoms with van der Waals surface area (Å²) in [6.07, 6.45) is -3.42. The minimum atomic E-state index is -4.54. The van der Waals surface area contributed by atoms with Gasteiger partial charge in [-0.15, -0.1) is 0 Å². The van der Waals surface area contributed by atoms with Gasteiger partial charge in [0.15, 0.2) is 5.82 Å². The van der Waals surface area contributed by atoms with E-state index < -0.39 is 17.7 Å². The van der Waals surface area contributed by atoms with Gasteiger partial charge < -0.3 is 20.5 Å². The molecular weight excluding hydrogens is 425 g/mol. The van der Waals surface area contributed by atoms with Gasteiger partial charge in [0, 0.05) is 0 Å². The monoisotopic (exact) mass is 438 g/mol. The van der Waals surface area contributed by atoms with Gasteiger partial charge in [0.2, 0.25) is 5.88 Å². The molecule has 0 aliphatic rings. The average molecular weight is 439 g/mol. The summed E-state index contributed by atoms with van der Waals surface area (Å²) in [4.78, 5) is 19.3. The number of nitrogens with zero attached hydrogens (tertiary/aromatic N) is 2. The van der Waals surface area contributed by atoms with Crippen molar-refractivity contribution in [2.75, 3.05) is 18.2 Å². The Morgan fingerprint density at radius 2 is 1.83 bits per heavy atom. The van der Waals surface area contributed by atoms with Crippen LogP contribution < -0.4 is 15.8 Å². The Balaban J connectivity index is 1.85. The molecular formula is C19H14ClF3N4O3. The van der Waals surface area contributed by atoms with Crippen LogP contribution in [0.1, 0.15) is 15.9 Å². The summed E-state index contributed by atoms with van der Waals surface area (Å²) in [5, 5.41) is 2.70. The molecule has 2 aromatic carbocycles. The number of rotatable bonds is 5. The minimum Gasteiger partial charge on any atom is -0.465 e. The number of methoxy groups -OCH3 is 1. The number of alkyl halides is 3. The molecule has 0 bridgehead atoms. The predicted molar refractivity (Wildman–Crippen MR) is 104 cm³/mol. The Kier molecular flexibility index (Phi) is 5.97. The lowest BCUT2D eigenvalue weighted by Gasteiger charge is -2.14. The van der Waals surface area contributed by atoms with Gasteiger partial charge in [-0.25, -0.2) is 9.78 Å². The van der Waals surface area contributed by atoms with Crippen molar-refractivity contribution in [1.82, 2.24) is 9.97 Å². The summed E-state index contributed by atoms with van der Waals surface area (Å²) in [6, 6.07) is 8.80. The summed E-state index contributed by atoms with van der Waals surface area (Å²) in [7, 11) is 1.26. The SMILES string of the molecule is COC(=O)c1ccc(Oc2ncnc(Nc3cc(C(F)(F)F)ccc3Cl)c2N)cc1. The van der Waals surface area contributed by atoms with Gasteiger partial charge in [0.25, 0.3) is 0 Å². The van der Waals surface area contributed by atoms with E-state index in [9.17, 15) is 18.0 Å². The van der Waals surface area contributed by atoms with Crippen LogP contribution in [0.3, 0.4) is 0 Å². The van der Waals surface area contributed by atoms with Crippen LogP contribution in [0.5, 0.6) is 11.6 Å². The van der Waals surface area contributed by atoms with Crippen molar-refractivity contribution >= 4 is 34.8 Å². The molecule has 0 fully saturated rings. The molecule has 3 N–H and O–H groups in total. The zero-order chi connectivity index (χ0) is 21.9. The molecule has 1 heterocycles. The number of nitrogens with one attached hydrogen (secondary N) is 1. The lowest BCUT2D eigenvalue weighted by Crippen LogP contribution is -2.07. The third kappa shape index (κ3) is 4.71. The highest BCUT2D eigenvalue weighted by Gasteiger charge is 2.31. The average Bonchev–Trinajstić information content (AvgIpc) is 2.71. The Bertz CT molecular complexity index is 1080. The topological polar surface area (TPSA) is 99.4 Å². The summed E-state index contributed by atoms with van der Waals surface area (Å²) in [5.74, 6) is -0.225. The molecule has 0 saturated carbocycles. The highest BCUT2D eigenvalue weighted by atomic mass is 35.5. The first-order chi connectivity index (χ1) is 14.2. The van der Waals surface area contributed by atoms with E-state index in [2.05, 4.69) is 20.0 Å². The van der Waals surface area contributed by atoms with Crippen molar-refractivity contribution in [2.45, 2.75) is 6.18 Å². The Morgan fingerprint density at radius 1 is 1.13 bits per heavy atom. The van der Waals surface area contributed by atoms with Crippen LogP contribution in [0.15, 0.2) is 48.8 Å². The molecule has 3 rings (SSSR count). The van der Waals surface area contributed by atoms with Gasteiger partial charge >= 0.3 is 12.1 Å². The fourth-order valence-corrected chi connectivity index (χ4v) is 2.54. The van der Waals surface area contributed by atoms with E-state index in [-0.39, 0.29) is 28.1 Å². The van der Waals surface area contributed by atoms with E-state index in [0.29, 0.717) is 11.3 Å². The molecule has 0 aliphatic carbocycles. The second-order valence-corrected chi connectivity index (χ2v) is 6.28. The number of benzene rings is 2. The van der Waals surface area contributed by atoms with Crippen LogP contribution in [-0.2, 0) is 10.9 Å². The van der Waals surface area contributed by atoms with Crippen molar-refractivity contribution in [3.63, 3.8) is 0 Å². The molecule has 0 aliphatic heterocycles. The predicted octanol–water partition coefficient (Wildman–Crippen LogP) is 5.05. The molecule has 0 radical (unpaired) electrons. The highest BCUT2D eigenvalue weighted by molar-refractivity contribution is 6.33. The van der Waals surface area contributed by atoms with Gasteiger partial charge in [-0.3, -0.25) is 0 Å². The third-order valence-electron chi connectivity index (χ3n) is 3.88. The maximum atomic E-state index is 13.0. The number of hydrogen-bond acceptors (Lipinski definition) is 7. The first-order valence-electron chi connectivity index (χ1n) is 8.29. The number of esters is 1. The van der Waals surface area contributed by atoms with Crippen molar-refractivity contribution in [3.8, 4) is 11.6 Å². The summed E-state index contributed by atoms with van der Waals surface area (Å²) >= 11 is 5.99. The second-order valence-electron chi connectivity index (χ2n) is 5.88. The number of hydrogen-bond donors (Lipinski definition) is 2.